The lowest BCUT2D eigenvalue weighted by molar-refractivity contribution is 0.0942. The van der Waals surface area contributed by atoms with E-state index in [-0.39, 0.29) is 11.9 Å². The lowest BCUT2D eigenvalue weighted by atomic mass is 10.0. The lowest BCUT2D eigenvalue weighted by Crippen LogP contribution is -2.30. The molecule has 0 saturated heterocycles. The maximum absolute atomic E-state index is 12.9. The molecule has 2 heterocycles. The van der Waals surface area contributed by atoms with Crippen LogP contribution in [0, 0.1) is 0 Å². The molecule has 0 fully saturated rings. The predicted octanol–water partition coefficient (Wildman–Crippen LogP) is 2.58. The first-order valence-corrected chi connectivity index (χ1v) is 8.41. The molecule has 0 aliphatic carbocycles. The van der Waals surface area contributed by atoms with Crippen molar-refractivity contribution < 1.29 is 4.79 Å². The molecule has 1 amide bonds. The van der Waals surface area contributed by atoms with E-state index in [4.69, 9.17) is 0 Å². The van der Waals surface area contributed by atoms with E-state index in [9.17, 15) is 4.79 Å². The number of pyridine rings is 1. The van der Waals surface area contributed by atoms with Crippen molar-refractivity contribution >= 4 is 5.91 Å². The van der Waals surface area contributed by atoms with Crippen molar-refractivity contribution in [2.45, 2.75) is 6.04 Å². The Morgan fingerprint density at radius 1 is 0.963 bits per heavy atom. The standard InChI is InChI=1S/C20H16N6O/c27-20(16-9-6-10-17(13-16)26-14-22-24-25-26)23-19(15-7-2-1-3-8-15)18-11-4-5-12-21-18/h1-14,19H,(H,23,27). The zero-order chi connectivity index (χ0) is 18.5. The van der Waals surface area contributed by atoms with Gasteiger partial charge in [0.15, 0.2) is 0 Å². The molecule has 4 aromatic rings. The Labute approximate surface area is 155 Å². The first-order valence-electron chi connectivity index (χ1n) is 8.41. The van der Waals surface area contributed by atoms with E-state index < -0.39 is 0 Å². The van der Waals surface area contributed by atoms with Crippen LogP contribution in [0.4, 0.5) is 0 Å². The molecular weight excluding hydrogens is 340 g/mol. The summed E-state index contributed by atoms with van der Waals surface area (Å²) in [7, 11) is 0. The molecule has 1 atom stereocenters. The largest absolute Gasteiger partial charge is 0.340 e. The zero-order valence-corrected chi connectivity index (χ0v) is 14.3. The van der Waals surface area contributed by atoms with Crippen LogP contribution in [0.1, 0.15) is 27.7 Å². The predicted molar refractivity (Wildman–Crippen MR) is 99.1 cm³/mol. The molecule has 0 aliphatic heterocycles. The average molecular weight is 356 g/mol. The maximum atomic E-state index is 12.9. The molecule has 1 N–H and O–H groups in total. The molecule has 27 heavy (non-hydrogen) atoms. The summed E-state index contributed by atoms with van der Waals surface area (Å²) >= 11 is 0. The number of tetrazole rings is 1. The molecule has 0 radical (unpaired) electrons. The van der Waals surface area contributed by atoms with Crippen LogP contribution in [0.2, 0.25) is 0 Å². The Bertz CT molecular complexity index is 979. The van der Waals surface area contributed by atoms with Crippen LogP contribution in [0.25, 0.3) is 5.69 Å². The number of amides is 1. The lowest BCUT2D eigenvalue weighted by Gasteiger charge is -2.19. The molecule has 4 rings (SSSR count). The van der Waals surface area contributed by atoms with Crippen LogP contribution in [0.15, 0.2) is 85.3 Å². The average Bonchev–Trinajstić information content (AvgIpc) is 3.28. The third-order valence-electron chi connectivity index (χ3n) is 4.11. The Balaban J connectivity index is 1.64. The summed E-state index contributed by atoms with van der Waals surface area (Å²) in [6, 6.07) is 22.2. The second kappa shape index (κ2) is 7.57. The Kier molecular flexibility index (Phi) is 4.65. The SMILES string of the molecule is O=C(NC(c1ccccc1)c1ccccn1)c1cccc(-n2cnnn2)c1. The summed E-state index contributed by atoms with van der Waals surface area (Å²) in [6.07, 6.45) is 3.20. The first kappa shape index (κ1) is 16.6. The highest BCUT2D eigenvalue weighted by molar-refractivity contribution is 5.95. The van der Waals surface area contributed by atoms with Crippen molar-refractivity contribution in [3.63, 3.8) is 0 Å². The third kappa shape index (κ3) is 3.72. The fraction of sp³-hybridized carbons (Fsp3) is 0.0500. The van der Waals surface area contributed by atoms with Crippen LogP contribution >= 0.6 is 0 Å². The van der Waals surface area contributed by atoms with E-state index in [1.54, 1.807) is 24.4 Å². The number of aromatic nitrogens is 5. The molecule has 0 saturated carbocycles. The van der Waals surface area contributed by atoms with Crippen LogP contribution in [0.5, 0.6) is 0 Å². The van der Waals surface area contributed by atoms with Crippen molar-refractivity contribution in [2.75, 3.05) is 0 Å². The normalized spacial score (nSPS) is 11.7. The Hall–Kier alpha value is -3.87. The van der Waals surface area contributed by atoms with Gasteiger partial charge in [0.05, 0.1) is 17.4 Å². The summed E-state index contributed by atoms with van der Waals surface area (Å²) in [5, 5.41) is 14.2. The van der Waals surface area contributed by atoms with Crippen molar-refractivity contribution in [3.8, 4) is 5.69 Å². The van der Waals surface area contributed by atoms with E-state index in [0.29, 0.717) is 11.3 Å². The van der Waals surface area contributed by atoms with Crippen LogP contribution in [0.3, 0.4) is 0 Å². The number of nitrogens with one attached hydrogen (secondary N) is 1. The summed E-state index contributed by atoms with van der Waals surface area (Å²) in [6.45, 7) is 0. The molecule has 7 nitrogen and oxygen atoms in total. The smallest absolute Gasteiger partial charge is 0.252 e. The van der Waals surface area contributed by atoms with E-state index in [0.717, 1.165) is 11.3 Å². The zero-order valence-electron chi connectivity index (χ0n) is 14.3. The van der Waals surface area contributed by atoms with Gasteiger partial charge in [-0.3, -0.25) is 9.78 Å². The molecule has 0 bridgehead atoms. The fourth-order valence-corrected chi connectivity index (χ4v) is 2.80. The van der Waals surface area contributed by atoms with E-state index >= 15 is 0 Å². The minimum atomic E-state index is -0.350. The van der Waals surface area contributed by atoms with Gasteiger partial charge < -0.3 is 5.32 Å². The number of benzene rings is 2. The summed E-state index contributed by atoms with van der Waals surface area (Å²) in [5.41, 5.74) is 2.96. The molecule has 2 aromatic carbocycles. The van der Waals surface area contributed by atoms with Gasteiger partial charge in [0, 0.05) is 11.8 Å². The number of carbonyl (C=O) groups excluding carboxylic acids is 1. The number of hydrogen-bond acceptors (Lipinski definition) is 5. The van der Waals surface area contributed by atoms with Crippen LogP contribution < -0.4 is 5.32 Å². The topological polar surface area (TPSA) is 85.6 Å². The summed E-state index contributed by atoms with van der Waals surface area (Å²) in [4.78, 5) is 17.3. The molecule has 7 heteroatoms. The first-order chi connectivity index (χ1) is 13.3. The molecule has 0 aliphatic rings. The molecule has 0 spiro atoms. The number of nitrogens with zero attached hydrogens (tertiary/aromatic N) is 5. The monoisotopic (exact) mass is 356 g/mol. The highest BCUT2D eigenvalue weighted by atomic mass is 16.1. The maximum Gasteiger partial charge on any atom is 0.252 e. The fourth-order valence-electron chi connectivity index (χ4n) is 2.80. The van der Waals surface area contributed by atoms with Crippen LogP contribution in [-0.2, 0) is 0 Å². The molecule has 1 unspecified atom stereocenters. The van der Waals surface area contributed by atoms with Gasteiger partial charge in [-0.05, 0) is 46.3 Å². The molecule has 132 valence electrons. The van der Waals surface area contributed by atoms with Gasteiger partial charge in [-0.15, -0.1) is 5.10 Å². The Morgan fingerprint density at radius 2 is 1.81 bits per heavy atom. The van der Waals surface area contributed by atoms with E-state index in [1.807, 2.05) is 54.6 Å². The van der Waals surface area contributed by atoms with Gasteiger partial charge >= 0.3 is 0 Å². The number of rotatable bonds is 5. The molecular formula is C20H16N6O. The minimum Gasteiger partial charge on any atom is -0.340 e. The molecule has 2 aromatic heterocycles. The van der Waals surface area contributed by atoms with Gasteiger partial charge in [0.1, 0.15) is 6.33 Å². The Morgan fingerprint density at radius 3 is 2.56 bits per heavy atom. The van der Waals surface area contributed by atoms with Crippen molar-refractivity contribution in [1.29, 1.82) is 0 Å². The third-order valence-corrected chi connectivity index (χ3v) is 4.11. The van der Waals surface area contributed by atoms with E-state index in [1.165, 1.54) is 11.0 Å². The van der Waals surface area contributed by atoms with E-state index in [2.05, 4.69) is 25.8 Å². The highest BCUT2D eigenvalue weighted by Gasteiger charge is 2.19. The quantitative estimate of drug-likeness (QED) is 0.594. The highest BCUT2D eigenvalue weighted by Crippen LogP contribution is 2.21. The van der Waals surface area contributed by atoms with Crippen molar-refractivity contribution in [1.82, 2.24) is 30.5 Å². The number of hydrogen-bond donors (Lipinski definition) is 1. The second-order valence-corrected chi connectivity index (χ2v) is 5.88. The van der Waals surface area contributed by atoms with Gasteiger partial charge in [-0.1, -0.05) is 42.5 Å². The van der Waals surface area contributed by atoms with Gasteiger partial charge in [-0.2, -0.15) is 0 Å². The van der Waals surface area contributed by atoms with Gasteiger partial charge in [0.2, 0.25) is 0 Å². The summed E-state index contributed by atoms with van der Waals surface area (Å²) in [5.74, 6) is -0.204. The number of carbonyl (C=O) groups is 1. The van der Waals surface area contributed by atoms with Crippen molar-refractivity contribution in [3.05, 3.63) is 102 Å². The van der Waals surface area contributed by atoms with Gasteiger partial charge in [0.25, 0.3) is 5.91 Å². The van der Waals surface area contributed by atoms with Gasteiger partial charge in [-0.25, -0.2) is 4.68 Å². The minimum absolute atomic E-state index is 0.204. The summed E-state index contributed by atoms with van der Waals surface area (Å²) < 4.78 is 1.50. The van der Waals surface area contributed by atoms with Crippen LogP contribution in [-0.4, -0.2) is 31.1 Å². The van der Waals surface area contributed by atoms with Crippen molar-refractivity contribution in [2.24, 2.45) is 0 Å². The second-order valence-electron chi connectivity index (χ2n) is 5.88.